The van der Waals surface area contributed by atoms with Crippen molar-refractivity contribution in [3.63, 3.8) is 0 Å². The summed E-state index contributed by atoms with van der Waals surface area (Å²) in [6.45, 7) is 4.56. The molecule has 0 radical (unpaired) electrons. The van der Waals surface area contributed by atoms with E-state index >= 15 is 0 Å². The van der Waals surface area contributed by atoms with Crippen LogP contribution in [-0.4, -0.2) is 37.6 Å². The van der Waals surface area contributed by atoms with Gasteiger partial charge >= 0.3 is 0 Å². The molecule has 136 valence electrons. The number of halogens is 1. The molecule has 1 aromatic heterocycles. The quantitative estimate of drug-likeness (QED) is 0.851. The Morgan fingerprint density at radius 2 is 2.04 bits per heavy atom. The van der Waals surface area contributed by atoms with Gasteiger partial charge in [0.2, 0.25) is 0 Å². The lowest BCUT2D eigenvalue weighted by molar-refractivity contribution is 0.0933. The van der Waals surface area contributed by atoms with Gasteiger partial charge < -0.3 is 14.5 Å². The molecule has 2 heterocycles. The van der Waals surface area contributed by atoms with E-state index in [1.807, 2.05) is 31.2 Å². The average molecular weight is 365 g/mol. The number of aryl methyl sites for hydroxylation is 1. The molecule has 2 aromatic rings. The maximum atomic E-state index is 12.5. The second kappa shape index (κ2) is 8.92. The molecular formula is C19H25ClN2O3. The predicted molar refractivity (Wildman–Crippen MR) is 99.6 cm³/mol. The molecule has 1 aromatic carbocycles. The van der Waals surface area contributed by atoms with Gasteiger partial charge in [0, 0.05) is 12.1 Å². The summed E-state index contributed by atoms with van der Waals surface area (Å²) >= 11 is 0. The maximum Gasteiger partial charge on any atom is 0.251 e. The van der Waals surface area contributed by atoms with Crippen LogP contribution in [0, 0.1) is 6.92 Å². The molecule has 1 unspecified atom stereocenters. The summed E-state index contributed by atoms with van der Waals surface area (Å²) in [7, 11) is 1.60. The Bertz CT molecular complexity index is 695. The topological polar surface area (TPSA) is 54.7 Å². The number of rotatable bonds is 6. The highest BCUT2D eigenvalue weighted by molar-refractivity contribution is 5.94. The number of carbonyl (C=O) groups is 1. The molecule has 6 heteroatoms. The first kappa shape index (κ1) is 19.3. The fourth-order valence-electron chi connectivity index (χ4n) is 3.15. The Labute approximate surface area is 154 Å². The zero-order valence-corrected chi connectivity index (χ0v) is 15.5. The van der Waals surface area contributed by atoms with E-state index in [0.717, 1.165) is 24.6 Å². The highest BCUT2D eigenvalue weighted by atomic mass is 35.5. The number of amides is 1. The number of carbonyl (C=O) groups excluding carboxylic acids is 1. The molecule has 1 aliphatic rings. The molecule has 1 aliphatic heterocycles. The lowest BCUT2D eigenvalue weighted by Crippen LogP contribution is -2.36. The molecule has 3 rings (SSSR count). The second-order valence-corrected chi connectivity index (χ2v) is 6.15. The molecule has 1 N–H and O–H groups in total. The van der Waals surface area contributed by atoms with Crippen LogP contribution in [0.3, 0.4) is 0 Å². The lowest BCUT2D eigenvalue weighted by Gasteiger charge is -2.26. The van der Waals surface area contributed by atoms with Crippen molar-refractivity contribution in [2.75, 3.05) is 26.7 Å². The number of methoxy groups -OCH3 is 1. The van der Waals surface area contributed by atoms with E-state index in [1.54, 1.807) is 19.2 Å². The second-order valence-electron chi connectivity index (χ2n) is 6.15. The number of furan rings is 1. The van der Waals surface area contributed by atoms with Crippen LogP contribution in [0.2, 0.25) is 0 Å². The van der Waals surface area contributed by atoms with Gasteiger partial charge in [0.05, 0.1) is 13.2 Å². The van der Waals surface area contributed by atoms with Crippen LogP contribution in [0.1, 0.15) is 40.8 Å². The van der Waals surface area contributed by atoms with Gasteiger partial charge in [-0.1, -0.05) is 6.07 Å². The van der Waals surface area contributed by atoms with Crippen LogP contribution in [0.4, 0.5) is 0 Å². The highest BCUT2D eigenvalue weighted by Crippen LogP contribution is 2.26. The highest BCUT2D eigenvalue weighted by Gasteiger charge is 2.26. The van der Waals surface area contributed by atoms with Crippen molar-refractivity contribution in [2.45, 2.75) is 25.8 Å². The zero-order chi connectivity index (χ0) is 16.9. The van der Waals surface area contributed by atoms with Gasteiger partial charge in [-0.15, -0.1) is 12.4 Å². The van der Waals surface area contributed by atoms with Crippen molar-refractivity contribution >= 4 is 18.3 Å². The van der Waals surface area contributed by atoms with Gasteiger partial charge in [-0.3, -0.25) is 9.69 Å². The molecular weight excluding hydrogens is 340 g/mol. The first-order valence-corrected chi connectivity index (χ1v) is 8.40. The van der Waals surface area contributed by atoms with Crippen molar-refractivity contribution < 1.29 is 13.9 Å². The minimum absolute atomic E-state index is 0. The van der Waals surface area contributed by atoms with Crippen LogP contribution in [0.15, 0.2) is 40.8 Å². The molecule has 1 atom stereocenters. The van der Waals surface area contributed by atoms with E-state index in [-0.39, 0.29) is 24.4 Å². The van der Waals surface area contributed by atoms with E-state index in [1.165, 1.54) is 12.8 Å². The van der Waals surface area contributed by atoms with Crippen molar-refractivity contribution in [3.8, 4) is 5.75 Å². The third-order valence-corrected chi connectivity index (χ3v) is 4.46. The Kier molecular flexibility index (Phi) is 6.91. The Balaban J connectivity index is 0.00000225. The maximum absolute atomic E-state index is 12.5. The van der Waals surface area contributed by atoms with Gasteiger partial charge in [0.1, 0.15) is 17.3 Å². The van der Waals surface area contributed by atoms with Crippen LogP contribution in [-0.2, 0) is 0 Å². The normalized spacial score (nSPS) is 15.4. The molecule has 0 saturated carbocycles. The van der Waals surface area contributed by atoms with Gasteiger partial charge in [-0.2, -0.15) is 0 Å². The number of nitrogens with zero attached hydrogens (tertiary/aromatic N) is 1. The van der Waals surface area contributed by atoms with Crippen LogP contribution < -0.4 is 10.1 Å². The summed E-state index contributed by atoms with van der Waals surface area (Å²) in [5.41, 5.74) is 0.602. The average Bonchev–Trinajstić information content (AvgIpc) is 3.27. The third kappa shape index (κ3) is 4.77. The zero-order valence-electron chi connectivity index (χ0n) is 14.7. The minimum Gasteiger partial charge on any atom is -0.497 e. The number of hydrogen-bond donors (Lipinski definition) is 1. The predicted octanol–water partition coefficient (Wildman–Crippen LogP) is 3.59. The number of likely N-dealkylation sites (tertiary alicyclic amines) is 1. The molecule has 1 amide bonds. The van der Waals surface area contributed by atoms with Crippen molar-refractivity contribution in [2.24, 2.45) is 0 Å². The third-order valence-electron chi connectivity index (χ3n) is 4.46. The Morgan fingerprint density at radius 1 is 1.28 bits per heavy atom. The summed E-state index contributed by atoms with van der Waals surface area (Å²) in [6.07, 6.45) is 2.39. The van der Waals surface area contributed by atoms with Gasteiger partial charge in [-0.05, 0) is 63.2 Å². The number of ether oxygens (including phenoxy) is 1. The SMILES string of the molecule is COc1cccc(C(=O)NCC(c2ccc(C)o2)N2CCCC2)c1.Cl. The largest absolute Gasteiger partial charge is 0.497 e. The van der Waals surface area contributed by atoms with Gasteiger partial charge in [0.15, 0.2) is 0 Å². The molecule has 1 fully saturated rings. The van der Waals surface area contributed by atoms with E-state index in [0.29, 0.717) is 17.9 Å². The standard InChI is InChI=1S/C19H24N2O3.ClH/c1-14-8-9-18(24-14)17(21-10-3-4-11-21)13-20-19(22)15-6-5-7-16(12-15)23-2;/h5-9,12,17H,3-4,10-11,13H2,1-2H3,(H,20,22);1H. The fraction of sp³-hybridized carbons (Fsp3) is 0.421. The van der Waals surface area contributed by atoms with Crippen LogP contribution >= 0.6 is 12.4 Å². The monoisotopic (exact) mass is 364 g/mol. The summed E-state index contributed by atoms with van der Waals surface area (Å²) in [5, 5.41) is 3.04. The van der Waals surface area contributed by atoms with Crippen molar-refractivity contribution in [1.29, 1.82) is 0 Å². The smallest absolute Gasteiger partial charge is 0.251 e. The molecule has 5 nitrogen and oxygen atoms in total. The first-order chi connectivity index (χ1) is 11.7. The summed E-state index contributed by atoms with van der Waals surface area (Å²) in [6, 6.07) is 11.3. The van der Waals surface area contributed by atoms with Crippen molar-refractivity contribution in [3.05, 3.63) is 53.5 Å². The van der Waals surface area contributed by atoms with E-state index in [4.69, 9.17) is 9.15 Å². The summed E-state index contributed by atoms with van der Waals surface area (Å²) < 4.78 is 11.0. The number of benzene rings is 1. The first-order valence-electron chi connectivity index (χ1n) is 8.40. The number of nitrogens with one attached hydrogen (secondary N) is 1. The van der Waals surface area contributed by atoms with Crippen molar-refractivity contribution in [1.82, 2.24) is 10.2 Å². The van der Waals surface area contributed by atoms with Crippen LogP contribution in [0.5, 0.6) is 5.75 Å². The molecule has 1 saturated heterocycles. The molecule has 0 spiro atoms. The lowest BCUT2D eigenvalue weighted by atomic mass is 10.1. The van der Waals surface area contributed by atoms with E-state index in [2.05, 4.69) is 10.2 Å². The van der Waals surface area contributed by atoms with Gasteiger partial charge in [0.25, 0.3) is 5.91 Å². The van der Waals surface area contributed by atoms with E-state index < -0.39 is 0 Å². The van der Waals surface area contributed by atoms with E-state index in [9.17, 15) is 4.79 Å². The van der Waals surface area contributed by atoms with Gasteiger partial charge in [-0.25, -0.2) is 0 Å². The summed E-state index contributed by atoms with van der Waals surface area (Å²) in [4.78, 5) is 14.8. The molecule has 0 bridgehead atoms. The minimum atomic E-state index is -0.0959. The molecule has 25 heavy (non-hydrogen) atoms. The molecule has 0 aliphatic carbocycles. The summed E-state index contributed by atoms with van der Waals surface area (Å²) in [5.74, 6) is 2.40. The fourth-order valence-corrected chi connectivity index (χ4v) is 3.15. The number of hydrogen-bond acceptors (Lipinski definition) is 4. The Morgan fingerprint density at radius 3 is 2.68 bits per heavy atom. The Hall–Kier alpha value is -1.98. The van der Waals surface area contributed by atoms with Crippen LogP contribution in [0.25, 0.3) is 0 Å².